The molecule has 1 aromatic heterocycles. The number of unbranched alkanes of at least 4 members (excludes halogenated alkanes) is 1. The third-order valence-electron chi connectivity index (χ3n) is 3.35. The van der Waals surface area contributed by atoms with Crippen LogP contribution in [0.1, 0.15) is 60.9 Å². The number of amides is 1. The third-order valence-corrected chi connectivity index (χ3v) is 3.35. The quantitative estimate of drug-likeness (QED) is 0.754. The van der Waals surface area contributed by atoms with E-state index in [0.29, 0.717) is 31.0 Å². The number of hydrogen-bond donors (Lipinski definition) is 2. The first-order valence-corrected chi connectivity index (χ1v) is 7.03. The first-order chi connectivity index (χ1) is 9.34. The Hall–Kier alpha value is -1.78. The number of aliphatic carboxylic acids is 1. The highest BCUT2D eigenvalue weighted by atomic mass is 16.4. The van der Waals surface area contributed by atoms with E-state index in [1.807, 2.05) is 19.9 Å². The molecule has 1 amide bonds. The number of carbonyl (C=O) groups excluding carboxylic acids is 1. The van der Waals surface area contributed by atoms with Crippen LogP contribution in [0.3, 0.4) is 0 Å². The number of rotatable bonds is 7. The number of aromatic nitrogens is 1. The van der Waals surface area contributed by atoms with Crippen LogP contribution in [0.15, 0.2) is 6.07 Å². The highest BCUT2D eigenvalue weighted by Crippen LogP contribution is 2.19. The Morgan fingerprint density at radius 3 is 2.45 bits per heavy atom. The van der Waals surface area contributed by atoms with Gasteiger partial charge in [-0.05, 0) is 46.6 Å². The van der Waals surface area contributed by atoms with Gasteiger partial charge in [0.15, 0.2) is 0 Å². The highest BCUT2D eigenvalue weighted by molar-refractivity contribution is 5.95. The summed E-state index contributed by atoms with van der Waals surface area (Å²) in [5.74, 6) is -0.878. The number of hydrogen-bond acceptors (Lipinski definition) is 2. The average Bonchev–Trinajstić information content (AvgIpc) is 2.63. The maximum Gasteiger partial charge on any atom is 0.303 e. The molecule has 5 nitrogen and oxygen atoms in total. The van der Waals surface area contributed by atoms with E-state index >= 15 is 0 Å². The number of aryl methyl sites for hydroxylation is 1. The fourth-order valence-corrected chi connectivity index (χ4v) is 2.50. The number of carboxylic acid groups (broad SMARTS) is 1. The van der Waals surface area contributed by atoms with E-state index in [1.165, 1.54) is 0 Å². The normalized spacial score (nSPS) is 10.8. The number of nitrogens with one attached hydrogen (secondary N) is 1. The van der Waals surface area contributed by atoms with Crippen molar-refractivity contribution in [3.8, 4) is 0 Å². The molecule has 0 unspecified atom stereocenters. The summed E-state index contributed by atoms with van der Waals surface area (Å²) in [7, 11) is 0. The molecule has 0 aliphatic carbocycles. The SMILES string of the molecule is Cc1cc(C(=O)NCCCCC(=O)O)c(C)n1C(C)C. The van der Waals surface area contributed by atoms with Crippen LogP contribution >= 0.6 is 0 Å². The molecule has 0 radical (unpaired) electrons. The third kappa shape index (κ3) is 4.11. The van der Waals surface area contributed by atoms with Gasteiger partial charge in [0.25, 0.3) is 5.91 Å². The molecule has 0 aromatic carbocycles. The van der Waals surface area contributed by atoms with E-state index in [9.17, 15) is 9.59 Å². The van der Waals surface area contributed by atoms with Crippen molar-refractivity contribution >= 4 is 11.9 Å². The summed E-state index contributed by atoms with van der Waals surface area (Å²) in [5.41, 5.74) is 2.75. The Labute approximate surface area is 120 Å². The lowest BCUT2D eigenvalue weighted by molar-refractivity contribution is -0.137. The van der Waals surface area contributed by atoms with Gasteiger partial charge in [-0.15, -0.1) is 0 Å². The van der Waals surface area contributed by atoms with Crippen molar-refractivity contribution in [2.24, 2.45) is 0 Å². The van der Waals surface area contributed by atoms with E-state index in [0.717, 1.165) is 11.4 Å². The summed E-state index contributed by atoms with van der Waals surface area (Å²) in [6, 6.07) is 2.23. The Morgan fingerprint density at radius 2 is 1.95 bits per heavy atom. The van der Waals surface area contributed by atoms with Gasteiger partial charge in [-0.1, -0.05) is 0 Å². The lowest BCUT2D eigenvalue weighted by Gasteiger charge is -2.13. The topological polar surface area (TPSA) is 71.3 Å². The summed E-state index contributed by atoms with van der Waals surface area (Å²) >= 11 is 0. The molecule has 0 bridgehead atoms. The second-order valence-electron chi connectivity index (χ2n) is 5.36. The monoisotopic (exact) mass is 280 g/mol. The Bertz CT molecular complexity index is 490. The first kappa shape index (κ1) is 16.3. The van der Waals surface area contributed by atoms with Crippen molar-refractivity contribution in [1.82, 2.24) is 9.88 Å². The zero-order chi connectivity index (χ0) is 15.3. The van der Waals surface area contributed by atoms with Crippen LogP contribution in [0.4, 0.5) is 0 Å². The van der Waals surface area contributed by atoms with Crippen LogP contribution < -0.4 is 5.32 Å². The Kier molecular flexibility index (Phi) is 5.80. The minimum atomic E-state index is -0.795. The van der Waals surface area contributed by atoms with Crippen molar-refractivity contribution in [2.45, 2.75) is 53.0 Å². The summed E-state index contributed by atoms with van der Waals surface area (Å²) in [5, 5.41) is 11.4. The zero-order valence-electron chi connectivity index (χ0n) is 12.7. The van der Waals surface area contributed by atoms with Gasteiger partial charge in [0.2, 0.25) is 0 Å². The fourth-order valence-electron chi connectivity index (χ4n) is 2.50. The molecule has 20 heavy (non-hydrogen) atoms. The molecular formula is C15H24N2O3. The molecule has 1 rings (SSSR count). The van der Waals surface area contributed by atoms with Crippen molar-refractivity contribution in [1.29, 1.82) is 0 Å². The molecule has 112 valence electrons. The second kappa shape index (κ2) is 7.12. The van der Waals surface area contributed by atoms with Gasteiger partial charge in [0.05, 0.1) is 5.56 Å². The molecule has 1 aromatic rings. The van der Waals surface area contributed by atoms with Crippen LogP contribution in [0.2, 0.25) is 0 Å². The molecule has 2 N–H and O–H groups in total. The Morgan fingerprint density at radius 1 is 1.30 bits per heavy atom. The van der Waals surface area contributed by atoms with E-state index in [-0.39, 0.29) is 12.3 Å². The van der Waals surface area contributed by atoms with Gasteiger partial charge in [-0.25, -0.2) is 0 Å². The lowest BCUT2D eigenvalue weighted by Crippen LogP contribution is -2.25. The van der Waals surface area contributed by atoms with Crippen LogP contribution in [0, 0.1) is 13.8 Å². The number of carbonyl (C=O) groups is 2. The number of carboxylic acids is 1. The largest absolute Gasteiger partial charge is 0.481 e. The van der Waals surface area contributed by atoms with E-state index < -0.39 is 5.97 Å². The Balaban J connectivity index is 2.56. The van der Waals surface area contributed by atoms with Gasteiger partial charge < -0.3 is 15.0 Å². The fraction of sp³-hybridized carbons (Fsp3) is 0.600. The summed E-state index contributed by atoms with van der Waals surface area (Å²) in [4.78, 5) is 22.5. The second-order valence-corrected chi connectivity index (χ2v) is 5.36. The van der Waals surface area contributed by atoms with Gasteiger partial charge in [0, 0.05) is 30.4 Å². The predicted molar refractivity (Wildman–Crippen MR) is 78.1 cm³/mol. The lowest BCUT2D eigenvalue weighted by atomic mass is 10.2. The number of nitrogens with zero attached hydrogens (tertiary/aromatic N) is 1. The molecule has 0 atom stereocenters. The van der Waals surface area contributed by atoms with Gasteiger partial charge in [-0.3, -0.25) is 9.59 Å². The summed E-state index contributed by atoms with van der Waals surface area (Å²) in [6.45, 7) is 8.64. The van der Waals surface area contributed by atoms with Crippen LogP contribution in [0.25, 0.3) is 0 Å². The van der Waals surface area contributed by atoms with E-state index in [1.54, 1.807) is 0 Å². The van der Waals surface area contributed by atoms with Crippen molar-refractivity contribution in [3.63, 3.8) is 0 Å². The minimum absolute atomic E-state index is 0.0830. The van der Waals surface area contributed by atoms with Crippen molar-refractivity contribution < 1.29 is 14.7 Å². The standard InChI is InChI=1S/C15H24N2O3/c1-10(2)17-11(3)9-13(12(17)4)15(20)16-8-6-5-7-14(18)19/h9-10H,5-8H2,1-4H3,(H,16,20)(H,18,19). The molecule has 0 saturated heterocycles. The maximum absolute atomic E-state index is 12.1. The van der Waals surface area contributed by atoms with E-state index in [4.69, 9.17) is 5.11 Å². The molecule has 0 fully saturated rings. The van der Waals surface area contributed by atoms with Crippen molar-refractivity contribution in [3.05, 3.63) is 23.0 Å². The predicted octanol–water partition coefficient (Wildman–Crippen LogP) is 2.67. The molecule has 0 saturated carbocycles. The molecule has 0 spiro atoms. The molecular weight excluding hydrogens is 256 g/mol. The molecule has 0 aliphatic rings. The first-order valence-electron chi connectivity index (χ1n) is 7.03. The molecule has 1 heterocycles. The maximum atomic E-state index is 12.1. The van der Waals surface area contributed by atoms with Crippen LogP contribution in [-0.4, -0.2) is 28.1 Å². The van der Waals surface area contributed by atoms with Crippen LogP contribution in [-0.2, 0) is 4.79 Å². The van der Waals surface area contributed by atoms with E-state index in [2.05, 4.69) is 23.7 Å². The van der Waals surface area contributed by atoms with Gasteiger partial charge in [-0.2, -0.15) is 0 Å². The summed E-state index contributed by atoms with van der Waals surface area (Å²) < 4.78 is 2.14. The molecule has 0 aliphatic heterocycles. The molecule has 5 heteroatoms. The highest BCUT2D eigenvalue weighted by Gasteiger charge is 2.16. The zero-order valence-corrected chi connectivity index (χ0v) is 12.7. The van der Waals surface area contributed by atoms with Gasteiger partial charge >= 0.3 is 5.97 Å². The smallest absolute Gasteiger partial charge is 0.303 e. The average molecular weight is 280 g/mol. The minimum Gasteiger partial charge on any atom is -0.481 e. The summed E-state index contributed by atoms with van der Waals surface area (Å²) in [6.07, 6.45) is 1.42. The van der Waals surface area contributed by atoms with Crippen molar-refractivity contribution in [2.75, 3.05) is 6.54 Å². The van der Waals surface area contributed by atoms with Crippen LogP contribution in [0.5, 0.6) is 0 Å². The van der Waals surface area contributed by atoms with Gasteiger partial charge in [0.1, 0.15) is 0 Å².